The first kappa shape index (κ1) is 15.9. The molecule has 5 aliphatic rings. The van der Waals surface area contributed by atoms with E-state index < -0.39 is 0 Å². The Balaban J connectivity index is 1.26. The average Bonchev–Trinajstić information content (AvgIpc) is 3.01. The van der Waals surface area contributed by atoms with Gasteiger partial charge in [0, 0.05) is 29.9 Å². The van der Waals surface area contributed by atoms with Crippen molar-refractivity contribution >= 4 is 5.91 Å². The van der Waals surface area contributed by atoms with Crippen molar-refractivity contribution in [1.29, 1.82) is 0 Å². The topological polar surface area (TPSA) is 59.0 Å². The smallest absolute Gasteiger partial charge is 0.242 e. The molecule has 0 spiro atoms. The third kappa shape index (κ3) is 3.01. The van der Waals surface area contributed by atoms with Crippen LogP contribution >= 0.6 is 0 Å². The summed E-state index contributed by atoms with van der Waals surface area (Å²) in [5, 5.41) is 11.4. The number of carbonyl (C=O) groups is 1. The first-order chi connectivity index (χ1) is 12.2. The molecule has 6 rings (SSSR count). The first-order valence-corrected chi connectivity index (χ1v) is 10.2. The van der Waals surface area contributed by atoms with Crippen LogP contribution in [0.15, 0.2) is 12.3 Å². The maximum Gasteiger partial charge on any atom is 0.242 e. The number of nitrogens with one attached hydrogen (secondary N) is 2. The third-order valence-corrected chi connectivity index (χ3v) is 7.20. The fourth-order valence-electron chi connectivity index (χ4n) is 6.66. The minimum Gasteiger partial charge on any atom is -0.349 e. The Labute approximate surface area is 149 Å². The van der Waals surface area contributed by atoms with Gasteiger partial charge in [-0.05, 0) is 81.7 Å². The van der Waals surface area contributed by atoms with Crippen LogP contribution in [0.25, 0.3) is 0 Å². The summed E-state index contributed by atoms with van der Waals surface area (Å²) in [7, 11) is 0. The van der Waals surface area contributed by atoms with Gasteiger partial charge >= 0.3 is 0 Å². The van der Waals surface area contributed by atoms with Crippen molar-refractivity contribution in [3.63, 3.8) is 0 Å². The lowest BCUT2D eigenvalue weighted by atomic mass is 9.53. The van der Waals surface area contributed by atoms with Gasteiger partial charge in [0.25, 0.3) is 0 Å². The maximum absolute atomic E-state index is 12.8. The highest BCUT2D eigenvalue weighted by Crippen LogP contribution is 2.55. The highest BCUT2D eigenvalue weighted by molar-refractivity contribution is 5.76. The fraction of sp³-hybridized carbons (Fsp3) is 0.800. The second-order valence-electron chi connectivity index (χ2n) is 9.20. The average molecular weight is 342 g/mol. The molecule has 25 heavy (non-hydrogen) atoms. The first-order valence-electron chi connectivity index (χ1n) is 10.2. The molecule has 2 heterocycles. The summed E-state index contributed by atoms with van der Waals surface area (Å²) in [6, 6.07) is 2.09. The Morgan fingerprint density at radius 1 is 1.24 bits per heavy atom. The zero-order valence-corrected chi connectivity index (χ0v) is 15.0. The van der Waals surface area contributed by atoms with Crippen LogP contribution in [0.1, 0.15) is 63.0 Å². The molecule has 1 aromatic heterocycles. The lowest BCUT2D eigenvalue weighted by Crippen LogP contribution is -2.60. The molecule has 5 heteroatoms. The number of carbonyl (C=O) groups excluding carboxylic acids is 1. The lowest BCUT2D eigenvalue weighted by molar-refractivity contribution is -0.127. The van der Waals surface area contributed by atoms with Crippen LogP contribution in [-0.2, 0) is 11.3 Å². The molecule has 5 nitrogen and oxygen atoms in total. The summed E-state index contributed by atoms with van der Waals surface area (Å²) in [6.07, 6.45) is 12.1. The SMILES string of the molecule is O=C(Cn1nccc1[C@H]1CCCNC1)NC12CC3CC(CC(C3)C1)C2. The third-order valence-electron chi connectivity index (χ3n) is 7.20. The van der Waals surface area contributed by atoms with Gasteiger partial charge in [0.1, 0.15) is 6.54 Å². The van der Waals surface area contributed by atoms with E-state index in [0.717, 1.165) is 30.8 Å². The summed E-state index contributed by atoms with van der Waals surface area (Å²) >= 11 is 0. The molecule has 0 aromatic carbocycles. The molecule has 4 saturated carbocycles. The normalized spacial score (nSPS) is 39.5. The van der Waals surface area contributed by atoms with Crippen molar-refractivity contribution in [3.8, 4) is 0 Å². The van der Waals surface area contributed by atoms with Crippen LogP contribution in [0.3, 0.4) is 0 Å². The highest BCUT2D eigenvalue weighted by atomic mass is 16.2. The van der Waals surface area contributed by atoms with Gasteiger partial charge in [-0.15, -0.1) is 0 Å². The summed E-state index contributed by atoms with van der Waals surface area (Å²) < 4.78 is 1.94. The van der Waals surface area contributed by atoms with Gasteiger partial charge in [-0.25, -0.2) is 0 Å². The molecule has 1 amide bonds. The van der Waals surface area contributed by atoms with Crippen LogP contribution in [0.2, 0.25) is 0 Å². The van der Waals surface area contributed by atoms with Crippen molar-refractivity contribution in [2.75, 3.05) is 13.1 Å². The predicted octanol–water partition coefficient (Wildman–Crippen LogP) is 2.44. The Hall–Kier alpha value is -1.36. The van der Waals surface area contributed by atoms with Gasteiger partial charge in [0.2, 0.25) is 5.91 Å². The summed E-state index contributed by atoms with van der Waals surface area (Å²) in [5.74, 6) is 3.24. The highest BCUT2D eigenvalue weighted by Gasteiger charge is 2.51. The number of aromatic nitrogens is 2. The van der Waals surface area contributed by atoms with E-state index in [0.29, 0.717) is 12.5 Å². The van der Waals surface area contributed by atoms with E-state index in [-0.39, 0.29) is 11.4 Å². The molecule has 136 valence electrons. The fourth-order valence-corrected chi connectivity index (χ4v) is 6.66. The van der Waals surface area contributed by atoms with E-state index in [2.05, 4.69) is 21.8 Å². The van der Waals surface area contributed by atoms with E-state index >= 15 is 0 Å². The van der Waals surface area contributed by atoms with Crippen LogP contribution in [0.4, 0.5) is 0 Å². The quantitative estimate of drug-likeness (QED) is 0.883. The molecule has 4 aliphatic carbocycles. The Morgan fingerprint density at radius 3 is 2.60 bits per heavy atom. The molecule has 1 saturated heterocycles. The predicted molar refractivity (Wildman–Crippen MR) is 96.1 cm³/mol. The van der Waals surface area contributed by atoms with E-state index in [4.69, 9.17) is 0 Å². The Bertz CT molecular complexity index is 611. The summed E-state index contributed by atoms with van der Waals surface area (Å²) in [5.41, 5.74) is 1.32. The van der Waals surface area contributed by atoms with E-state index in [1.807, 2.05) is 10.9 Å². The van der Waals surface area contributed by atoms with Gasteiger partial charge in [0.05, 0.1) is 0 Å². The van der Waals surface area contributed by atoms with Crippen molar-refractivity contribution < 1.29 is 4.79 Å². The van der Waals surface area contributed by atoms with Crippen molar-refractivity contribution in [2.45, 2.75) is 69.4 Å². The van der Waals surface area contributed by atoms with Crippen molar-refractivity contribution in [3.05, 3.63) is 18.0 Å². The second kappa shape index (κ2) is 6.11. The number of amides is 1. The maximum atomic E-state index is 12.8. The zero-order valence-electron chi connectivity index (χ0n) is 15.0. The molecule has 1 aromatic rings. The van der Waals surface area contributed by atoms with Gasteiger partial charge in [0.15, 0.2) is 0 Å². The number of hydrogen-bond donors (Lipinski definition) is 2. The van der Waals surface area contributed by atoms with Crippen molar-refractivity contribution in [2.24, 2.45) is 17.8 Å². The van der Waals surface area contributed by atoms with Crippen LogP contribution in [0, 0.1) is 17.8 Å². The second-order valence-corrected chi connectivity index (χ2v) is 9.20. The van der Waals surface area contributed by atoms with E-state index in [1.54, 1.807) is 0 Å². The van der Waals surface area contributed by atoms with Crippen LogP contribution in [0.5, 0.6) is 0 Å². The molecule has 5 fully saturated rings. The molecule has 1 aliphatic heterocycles. The number of hydrogen-bond acceptors (Lipinski definition) is 3. The minimum atomic E-state index is 0.103. The standard InChI is InChI=1S/C20H30N4O/c25-19(13-24-18(3-5-22-24)17-2-1-4-21-12-17)23-20-9-14-6-15(10-20)8-16(7-14)11-20/h3,5,14-17,21H,1-2,4,6-13H2,(H,23,25)/t14?,15?,16?,17-,20?/m0/s1. The number of rotatable bonds is 4. The monoisotopic (exact) mass is 342 g/mol. The van der Waals surface area contributed by atoms with Gasteiger partial charge in [-0.2, -0.15) is 5.10 Å². The molecule has 2 N–H and O–H groups in total. The number of piperidine rings is 1. The molecular weight excluding hydrogens is 312 g/mol. The molecular formula is C20H30N4O. The van der Waals surface area contributed by atoms with Gasteiger partial charge < -0.3 is 10.6 Å². The molecule has 0 radical (unpaired) electrons. The Kier molecular flexibility index (Phi) is 3.88. The van der Waals surface area contributed by atoms with Crippen LogP contribution in [-0.4, -0.2) is 34.3 Å². The Morgan fingerprint density at radius 2 is 1.96 bits per heavy atom. The lowest BCUT2D eigenvalue weighted by Gasteiger charge is -2.56. The van der Waals surface area contributed by atoms with Crippen molar-refractivity contribution in [1.82, 2.24) is 20.4 Å². The zero-order chi connectivity index (χ0) is 16.9. The number of nitrogens with zero attached hydrogens (tertiary/aromatic N) is 2. The van der Waals surface area contributed by atoms with Crippen LogP contribution < -0.4 is 10.6 Å². The van der Waals surface area contributed by atoms with E-state index in [1.165, 1.54) is 57.1 Å². The largest absolute Gasteiger partial charge is 0.349 e. The minimum absolute atomic E-state index is 0.103. The molecule has 0 unspecified atom stereocenters. The molecule has 1 atom stereocenters. The summed E-state index contributed by atoms with van der Waals surface area (Å²) in [4.78, 5) is 12.8. The summed E-state index contributed by atoms with van der Waals surface area (Å²) in [6.45, 7) is 2.49. The van der Waals surface area contributed by atoms with Gasteiger partial charge in [-0.1, -0.05) is 0 Å². The van der Waals surface area contributed by atoms with E-state index in [9.17, 15) is 4.79 Å². The van der Waals surface area contributed by atoms with Gasteiger partial charge in [-0.3, -0.25) is 9.48 Å². The molecule has 4 bridgehead atoms.